The number of carbonyl (C=O) groups excluding carboxylic acids is 3. The second kappa shape index (κ2) is 10.9. The molecule has 2 heterocycles. The Balaban J connectivity index is 1.56. The number of nitrogens with one attached hydrogen (secondary N) is 2. The molecule has 9 nitrogen and oxygen atoms in total. The van der Waals surface area contributed by atoms with Crippen LogP contribution >= 0.6 is 0 Å². The largest absolute Gasteiger partial charge is 0.376 e. The highest BCUT2D eigenvalue weighted by atomic mass is 16.5. The van der Waals surface area contributed by atoms with Gasteiger partial charge in [0.15, 0.2) is 5.82 Å². The highest BCUT2D eigenvalue weighted by molar-refractivity contribution is 6.00. The summed E-state index contributed by atoms with van der Waals surface area (Å²) in [4.78, 5) is 38.9. The summed E-state index contributed by atoms with van der Waals surface area (Å²) in [7, 11) is 0. The summed E-state index contributed by atoms with van der Waals surface area (Å²) in [5.74, 6) is -0.225. The van der Waals surface area contributed by atoms with Gasteiger partial charge in [0, 0.05) is 37.7 Å². The van der Waals surface area contributed by atoms with E-state index in [9.17, 15) is 14.4 Å². The van der Waals surface area contributed by atoms with Crippen LogP contribution in [0.1, 0.15) is 42.6 Å². The number of aryl methyl sites for hydroxylation is 3. The topological polar surface area (TPSA) is 114 Å². The molecule has 1 atom stereocenters. The van der Waals surface area contributed by atoms with Crippen LogP contribution in [-0.4, -0.2) is 48.7 Å². The summed E-state index contributed by atoms with van der Waals surface area (Å²) < 4.78 is 10.6. The molecule has 32 heavy (non-hydrogen) atoms. The molecule has 1 aromatic heterocycles. The Morgan fingerprint density at radius 2 is 1.81 bits per heavy atom. The summed E-state index contributed by atoms with van der Waals surface area (Å²) in [6.45, 7) is 6.50. The van der Waals surface area contributed by atoms with Gasteiger partial charge >= 0.3 is 0 Å². The van der Waals surface area contributed by atoms with Crippen LogP contribution in [0.2, 0.25) is 0 Å². The molecule has 2 N–H and O–H groups in total. The second-order valence-corrected chi connectivity index (χ2v) is 8.14. The third-order valence-corrected chi connectivity index (χ3v) is 5.12. The molecule has 1 fully saturated rings. The molecular weight excluding hydrogens is 412 g/mol. The van der Waals surface area contributed by atoms with E-state index in [0.29, 0.717) is 24.6 Å². The fourth-order valence-electron chi connectivity index (χ4n) is 3.64. The highest BCUT2D eigenvalue weighted by Crippen LogP contribution is 2.17. The van der Waals surface area contributed by atoms with Gasteiger partial charge in [0.05, 0.1) is 6.10 Å². The lowest BCUT2D eigenvalue weighted by Gasteiger charge is -2.20. The number of ether oxygens (including phenoxy) is 1. The number of nitrogens with zero attached hydrogens (tertiary/aromatic N) is 2. The van der Waals surface area contributed by atoms with Gasteiger partial charge in [-0.05, 0) is 56.9 Å². The Hall–Kier alpha value is -3.20. The predicted octanol–water partition coefficient (Wildman–Crippen LogP) is 2.65. The molecule has 3 amide bonds. The van der Waals surface area contributed by atoms with Crippen LogP contribution in [0.4, 0.5) is 11.5 Å². The van der Waals surface area contributed by atoms with E-state index in [1.807, 2.05) is 32.0 Å². The minimum atomic E-state index is -0.388. The fourth-order valence-corrected chi connectivity index (χ4v) is 3.64. The maximum Gasteiger partial charge on any atom is 0.240 e. The zero-order chi connectivity index (χ0) is 23.1. The first kappa shape index (κ1) is 23.5. The first-order chi connectivity index (χ1) is 15.3. The standard InChI is InChI=1S/C23H30N4O5/c1-15-9-16(2)11-18(10-15)25-21(28)6-7-23(30)27(20-12-17(3)32-26-20)14-22(29)24-13-19-5-4-8-31-19/h9-12,19H,4-8,13-14H2,1-3H3,(H,24,29)(H,25,28)/t19-/m1/s1. The van der Waals surface area contributed by atoms with Crippen molar-refractivity contribution < 1.29 is 23.6 Å². The van der Waals surface area contributed by atoms with Gasteiger partial charge in [0.25, 0.3) is 0 Å². The normalized spacial score (nSPS) is 15.4. The Bertz CT molecular complexity index is 945. The maximum absolute atomic E-state index is 12.9. The SMILES string of the molecule is Cc1cc(C)cc(NC(=O)CCC(=O)N(CC(=O)NC[C@H]2CCCO2)c2cc(C)on2)c1. The molecule has 1 aromatic carbocycles. The number of hydrogen-bond acceptors (Lipinski definition) is 6. The van der Waals surface area contributed by atoms with Gasteiger partial charge < -0.3 is 19.9 Å². The summed E-state index contributed by atoms with van der Waals surface area (Å²) in [6, 6.07) is 7.34. The number of hydrogen-bond donors (Lipinski definition) is 2. The third kappa shape index (κ3) is 6.91. The quantitative estimate of drug-likeness (QED) is 0.617. The Labute approximate surface area is 187 Å². The fraction of sp³-hybridized carbons (Fsp3) is 0.478. The first-order valence-electron chi connectivity index (χ1n) is 10.8. The molecule has 0 spiro atoms. The molecule has 1 aliphatic heterocycles. The van der Waals surface area contributed by atoms with Crippen molar-refractivity contribution in [1.29, 1.82) is 0 Å². The lowest BCUT2D eigenvalue weighted by Crippen LogP contribution is -2.43. The molecule has 0 bridgehead atoms. The van der Waals surface area contributed by atoms with Crippen LogP contribution < -0.4 is 15.5 Å². The Morgan fingerprint density at radius 1 is 1.06 bits per heavy atom. The minimum absolute atomic E-state index is 0.00588. The highest BCUT2D eigenvalue weighted by Gasteiger charge is 2.24. The van der Waals surface area contributed by atoms with Crippen molar-refractivity contribution in [1.82, 2.24) is 10.5 Å². The molecule has 0 saturated carbocycles. The minimum Gasteiger partial charge on any atom is -0.376 e. The first-order valence-corrected chi connectivity index (χ1v) is 10.8. The van der Waals surface area contributed by atoms with Gasteiger partial charge in [0.2, 0.25) is 17.7 Å². The molecule has 3 rings (SSSR count). The van der Waals surface area contributed by atoms with E-state index in [4.69, 9.17) is 9.26 Å². The van der Waals surface area contributed by atoms with E-state index in [0.717, 1.165) is 24.0 Å². The van der Waals surface area contributed by atoms with Gasteiger partial charge in [-0.3, -0.25) is 19.3 Å². The van der Waals surface area contributed by atoms with Crippen molar-refractivity contribution in [2.75, 3.05) is 29.9 Å². The summed E-state index contributed by atoms with van der Waals surface area (Å²) in [5.41, 5.74) is 2.77. The van der Waals surface area contributed by atoms with E-state index in [1.54, 1.807) is 13.0 Å². The Kier molecular flexibility index (Phi) is 7.99. The van der Waals surface area contributed by atoms with E-state index in [1.165, 1.54) is 4.90 Å². The maximum atomic E-state index is 12.9. The summed E-state index contributed by atoms with van der Waals surface area (Å²) >= 11 is 0. The monoisotopic (exact) mass is 442 g/mol. The van der Waals surface area contributed by atoms with Crippen molar-refractivity contribution in [3.05, 3.63) is 41.2 Å². The van der Waals surface area contributed by atoms with Crippen molar-refractivity contribution >= 4 is 29.2 Å². The molecule has 0 unspecified atom stereocenters. The molecule has 172 valence electrons. The van der Waals surface area contributed by atoms with Crippen LogP contribution in [0.5, 0.6) is 0 Å². The number of benzene rings is 1. The van der Waals surface area contributed by atoms with Gasteiger partial charge in [-0.25, -0.2) is 0 Å². The van der Waals surface area contributed by atoms with E-state index in [-0.39, 0.29) is 49.0 Å². The van der Waals surface area contributed by atoms with Crippen molar-refractivity contribution in [2.24, 2.45) is 0 Å². The molecule has 2 aromatic rings. The van der Waals surface area contributed by atoms with Crippen molar-refractivity contribution in [3.8, 4) is 0 Å². The summed E-state index contributed by atoms with van der Waals surface area (Å²) in [6.07, 6.45) is 1.80. The van der Waals surface area contributed by atoms with E-state index >= 15 is 0 Å². The zero-order valence-electron chi connectivity index (χ0n) is 18.8. The second-order valence-electron chi connectivity index (χ2n) is 8.14. The molecule has 1 saturated heterocycles. The number of rotatable bonds is 9. The van der Waals surface area contributed by atoms with Crippen LogP contribution in [0.15, 0.2) is 28.8 Å². The summed E-state index contributed by atoms with van der Waals surface area (Å²) in [5, 5.41) is 9.48. The van der Waals surface area contributed by atoms with Crippen LogP contribution in [0.3, 0.4) is 0 Å². The van der Waals surface area contributed by atoms with Crippen LogP contribution in [0, 0.1) is 20.8 Å². The molecule has 0 aliphatic carbocycles. The van der Waals surface area contributed by atoms with E-state index < -0.39 is 0 Å². The van der Waals surface area contributed by atoms with Gasteiger partial charge in [-0.2, -0.15) is 0 Å². The van der Waals surface area contributed by atoms with Crippen molar-refractivity contribution in [2.45, 2.75) is 52.6 Å². The third-order valence-electron chi connectivity index (χ3n) is 5.12. The molecule has 9 heteroatoms. The average Bonchev–Trinajstić information content (AvgIpc) is 3.39. The number of anilines is 2. The van der Waals surface area contributed by atoms with Gasteiger partial charge in [-0.15, -0.1) is 0 Å². The lowest BCUT2D eigenvalue weighted by molar-refractivity contribution is -0.125. The van der Waals surface area contributed by atoms with Crippen LogP contribution in [0.25, 0.3) is 0 Å². The van der Waals surface area contributed by atoms with E-state index in [2.05, 4.69) is 15.8 Å². The molecule has 0 radical (unpaired) electrons. The zero-order valence-corrected chi connectivity index (χ0v) is 18.8. The number of carbonyl (C=O) groups is 3. The molecule has 1 aliphatic rings. The predicted molar refractivity (Wildman–Crippen MR) is 119 cm³/mol. The smallest absolute Gasteiger partial charge is 0.240 e. The molecular formula is C23H30N4O5. The number of aromatic nitrogens is 1. The van der Waals surface area contributed by atoms with Gasteiger partial charge in [-0.1, -0.05) is 11.2 Å². The number of amides is 3. The lowest BCUT2D eigenvalue weighted by atomic mass is 10.1. The average molecular weight is 443 g/mol. The Morgan fingerprint density at radius 3 is 2.44 bits per heavy atom. The van der Waals surface area contributed by atoms with Crippen LogP contribution in [-0.2, 0) is 19.1 Å². The van der Waals surface area contributed by atoms with Gasteiger partial charge in [0.1, 0.15) is 12.3 Å². The van der Waals surface area contributed by atoms with Crippen molar-refractivity contribution in [3.63, 3.8) is 0 Å².